The van der Waals surface area contributed by atoms with Crippen molar-refractivity contribution in [2.45, 2.75) is 44.8 Å². The van der Waals surface area contributed by atoms with Gasteiger partial charge >= 0.3 is 0 Å². The van der Waals surface area contributed by atoms with Gasteiger partial charge in [-0.1, -0.05) is 0 Å². The lowest BCUT2D eigenvalue weighted by Crippen LogP contribution is -2.24. The molecule has 0 amide bonds. The molecule has 1 unspecified atom stereocenters. The molecule has 0 heterocycles. The van der Waals surface area contributed by atoms with E-state index in [2.05, 4.69) is 0 Å². The van der Waals surface area contributed by atoms with E-state index < -0.39 is 0 Å². The van der Waals surface area contributed by atoms with E-state index in [1.807, 2.05) is 6.92 Å². The van der Waals surface area contributed by atoms with Crippen LogP contribution in [0.4, 0.5) is 0 Å². The lowest BCUT2D eigenvalue weighted by molar-refractivity contribution is -0.0000867. The fourth-order valence-corrected chi connectivity index (χ4v) is 0.958. The van der Waals surface area contributed by atoms with Crippen LogP contribution in [0, 0.1) is 0 Å². The molecule has 2 N–H and O–H groups in total. The summed E-state index contributed by atoms with van der Waals surface area (Å²) in [6.45, 7) is 2.87. The lowest BCUT2D eigenvalue weighted by atomic mass is 9.96. The maximum Gasteiger partial charge on any atom is 0.0575 e. The highest BCUT2D eigenvalue weighted by molar-refractivity contribution is 4.69. The minimum absolute atomic E-state index is 0.292. The normalized spacial score (nSPS) is 22.2. The van der Waals surface area contributed by atoms with E-state index in [9.17, 15) is 0 Å². The van der Waals surface area contributed by atoms with Gasteiger partial charge in [-0.05, 0) is 32.6 Å². The topological polar surface area (TPSA) is 35.2 Å². The van der Waals surface area contributed by atoms with E-state index in [-0.39, 0.29) is 0 Å². The molecule has 0 aromatic carbocycles. The Morgan fingerprint density at radius 1 is 1.60 bits per heavy atom. The summed E-state index contributed by atoms with van der Waals surface area (Å²) in [5, 5.41) is 0. The van der Waals surface area contributed by atoms with Gasteiger partial charge in [0.05, 0.1) is 6.10 Å². The van der Waals surface area contributed by atoms with Crippen LogP contribution in [-0.4, -0.2) is 18.8 Å². The second kappa shape index (κ2) is 3.94. The van der Waals surface area contributed by atoms with Gasteiger partial charge in [-0.3, -0.25) is 0 Å². The molecular formula is C8H17NO. The summed E-state index contributed by atoms with van der Waals surface area (Å²) in [4.78, 5) is 0. The fourth-order valence-electron chi connectivity index (χ4n) is 0.958. The Labute approximate surface area is 62.7 Å². The Kier molecular flexibility index (Phi) is 3.16. The second-order valence-electron chi connectivity index (χ2n) is 3.19. The molecule has 1 rings (SSSR count). The molecule has 1 saturated carbocycles. The van der Waals surface area contributed by atoms with Crippen LogP contribution in [0.15, 0.2) is 0 Å². The minimum atomic E-state index is 0.292. The molecule has 0 aromatic heterocycles. The van der Waals surface area contributed by atoms with E-state index in [0.717, 1.165) is 13.0 Å². The number of hydrogen-bond acceptors (Lipinski definition) is 2. The predicted octanol–water partition coefficient (Wildman–Crippen LogP) is 1.29. The molecule has 0 radical (unpaired) electrons. The van der Waals surface area contributed by atoms with Crippen molar-refractivity contribution in [3.8, 4) is 0 Å². The molecule has 1 aliphatic carbocycles. The summed E-state index contributed by atoms with van der Waals surface area (Å²) in [7, 11) is 0. The third kappa shape index (κ3) is 2.67. The van der Waals surface area contributed by atoms with Gasteiger partial charge in [-0.25, -0.2) is 0 Å². The molecule has 0 saturated heterocycles. The van der Waals surface area contributed by atoms with Crippen LogP contribution in [0.1, 0.15) is 32.6 Å². The zero-order chi connectivity index (χ0) is 7.40. The first-order chi connectivity index (χ1) is 4.79. The smallest absolute Gasteiger partial charge is 0.0575 e. The van der Waals surface area contributed by atoms with Crippen molar-refractivity contribution in [2.24, 2.45) is 5.73 Å². The molecule has 60 valence electrons. The van der Waals surface area contributed by atoms with Crippen LogP contribution in [0.3, 0.4) is 0 Å². The number of ether oxygens (including phenoxy) is 1. The first-order valence-corrected chi connectivity index (χ1v) is 4.16. The zero-order valence-electron chi connectivity index (χ0n) is 6.68. The molecular weight excluding hydrogens is 126 g/mol. The summed E-state index contributed by atoms with van der Waals surface area (Å²) in [5.74, 6) is 0. The molecule has 1 atom stereocenters. The summed E-state index contributed by atoms with van der Waals surface area (Å²) in [6, 6.07) is 0.292. The third-order valence-corrected chi connectivity index (χ3v) is 1.98. The first-order valence-electron chi connectivity index (χ1n) is 4.16. The fraction of sp³-hybridized carbons (Fsp3) is 1.00. The van der Waals surface area contributed by atoms with Crippen molar-refractivity contribution in [2.75, 3.05) is 6.61 Å². The van der Waals surface area contributed by atoms with Gasteiger partial charge in [0.15, 0.2) is 0 Å². The highest BCUT2D eigenvalue weighted by Gasteiger charge is 2.17. The molecule has 2 nitrogen and oxygen atoms in total. The van der Waals surface area contributed by atoms with Crippen molar-refractivity contribution >= 4 is 0 Å². The SMILES string of the molecule is CC(N)CCOC1CCC1. The predicted molar refractivity (Wildman–Crippen MR) is 41.9 cm³/mol. The summed E-state index contributed by atoms with van der Waals surface area (Å²) in [6.07, 6.45) is 5.44. The van der Waals surface area contributed by atoms with Crippen LogP contribution in [0.5, 0.6) is 0 Å². The van der Waals surface area contributed by atoms with Gasteiger partial charge in [-0.15, -0.1) is 0 Å². The summed E-state index contributed by atoms with van der Waals surface area (Å²) < 4.78 is 5.51. The van der Waals surface area contributed by atoms with E-state index in [0.29, 0.717) is 12.1 Å². The van der Waals surface area contributed by atoms with E-state index in [1.165, 1.54) is 19.3 Å². The van der Waals surface area contributed by atoms with Crippen molar-refractivity contribution in [1.82, 2.24) is 0 Å². The highest BCUT2D eigenvalue weighted by atomic mass is 16.5. The minimum Gasteiger partial charge on any atom is -0.378 e. The van der Waals surface area contributed by atoms with E-state index in [1.54, 1.807) is 0 Å². The van der Waals surface area contributed by atoms with Gasteiger partial charge in [0.1, 0.15) is 0 Å². The van der Waals surface area contributed by atoms with Crippen LogP contribution >= 0.6 is 0 Å². The van der Waals surface area contributed by atoms with Crippen LogP contribution in [-0.2, 0) is 4.74 Å². The Morgan fingerprint density at radius 2 is 2.30 bits per heavy atom. The number of nitrogens with two attached hydrogens (primary N) is 1. The van der Waals surface area contributed by atoms with E-state index >= 15 is 0 Å². The Balaban J connectivity index is 1.85. The van der Waals surface area contributed by atoms with Gasteiger partial charge in [0.2, 0.25) is 0 Å². The van der Waals surface area contributed by atoms with Gasteiger partial charge in [0.25, 0.3) is 0 Å². The maximum atomic E-state index is 5.56. The number of hydrogen-bond donors (Lipinski definition) is 1. The number of rotatable bonds is 4. The van der Waals surface area contributed by atoms with Gasteiger partial charge in [-0.2, -0.15) is 0 Å². The maximum absolute atomic E-state index is 5.56. The van der Waals surface area contributed by atoms with Crippen LogP contribution in [0.2, 0.25) is 0 Å². The monoisotopic (exact) mass is 143 g/mol. The molecule has 0 aromatic rings. The van der Waals surface area contributed by atoms with Crippen molar-refractivity contribution in [3.63, 3.8) is 0 Å². The second-order valence-corrected chi connectivity index (χ2v) is 3.19. The molecule has 1 aliphatic rings. The standard InChI is InChI=1S/C8H17NO/c1-7(9)5-6-10-8-3-2-4-8/h7-8H,2-6,9H2,1H3. The van der Waals surface area contributed by atoms with Gasteiger partial charge < -0.3 is 10.5 Å². The van der Waals surface area contributed by atoms with E-state index in [4.69, 9.17) is 10.5 Å². The van der Waals surface area contributed by atoms with Crippen LogP contribution < -0.4 is 5.73 Å². The molecule has 1 fully saturated rings. The average Bonchev–Trinajstić information content (AvgIpc) is 1.75. The highest BCUT2D eigenvalue weighted by Crippen LogP contribution is 2.21. The lowest BCUT2D eigenvalue weighted by Gasteiger charge is -2.25. The van der Waals surface area contributed by atoms with Crippen LogP contribution in [0.25, 0.3) is 0 Å². The van der Waals surface area contributed by atoms with Crippen molar-refractivity contribution < 1.29 is 4.74 Å². The average molecular weight is 143 g/mol. The molecule has 0 spiro atoms. The third-order valence-electron chi connectivity index (χ3n) is 1.98. The van der Waals surface area contributed by atoms with Gasteiger partial charge in [0, 0.05) is 12.6 Å². The Hall–Kier alpha value is -0.0800. The summed E-state index contributed by atoms with van der Waals surface area (Å²) in [5.41, 5.74) is 5.56. The Bertz CT molecular complexity index is 89.3. The summed E-state index contributed by atoms with van der Waals surface area (Å²) >= 11 is 0. The first kappa shape index (κ1) is 8.02. The molecule has 0 bridgehead atoms. The molecule has 2 heteroatoms. The van der Waals surface area contributed by atoms with Crippen molar-refractivity contribution in [1.29, 1.82) is 0 Å². The quantitative estimate of drug-likeness (QED) is 0.643. The molecule has 10 heavy (non-hydrogen) atoms. The zero-order valence-corrected chi connectivity index (χ0v) is 6.68. The largest absolute Gasteiger partial charge is 0.378 e. The Morgan fingerprint density at radius 3 is 2.70 bits per heavy atom. The molecule has 0 aliphatic heterocycles. The van der Waals surface area contributed by atoms with Crippen molar-refractivity contribution in [3.05, 3.63) is 0 Å².